The van der Waals surface area contributed by atoms with E-state index in [0.717, 1.165) is 24.3 Å². The highest BCUT2D eigenvalue weighted by atomic mass is 32.2. The van der Waals surface area contributed by atoms with Gasteiger partial charge in [0.2, 0.25) is 0 Å². The number of piperidine rings is 1. The van der Waals surface area contributed by atoms with E-state index in [4.69, 9.17) is 0 Å². The lowest BCUT2D eigenvalue weighted by molar-refractivity contribution is 0.208. The van der Waals surface area contributed by atoms with Crippen molar-refractivity contribution in [2.45, 2.75) is 43.5 Å². The van der Waals surface area contributed by atoms with Gasteiger partial charge < -0.3 is 14.4 Å². The second-order valence-corrected chi connectivity index (χ2v) is 12.9. The molecule has 0 saturated carbocycles. The van der Waals surface area contributed by atoms with Gasteiger partial charge in [0.25, 0.3) is 0 Å². The highest BCUT2D eigenvalue weighted by molar-refractivity contribution is 7.90. The molecular weight excluding hydrogens is 513 g/mol. The predicted molar refractivity (Wildman–Crippen MR) is 153 cm³/mol. The first kappa shape index (κ1) is 26.0. The Morgan fingerprint density at radius 1 is 0.872 bits per heavy atom. The van der Waals surface area contributed by atoms with Crippen LogP contribution in [0.1, 0.15) is 31.4 Å². The number of sulfone groups is 1. The van der Waals surface area contributed by atoms with Crippen molar-refractivity contribution in [1.29, 1.82) is 0 Å². The molecule has 6 rings (SSSR count). The molecule has 4 aromatic rings. The Hall–Kier alpha value is -3.30. The number of hydrogen-bond acceptors (Lipinski definition) is 6. The van der Waals surface area contributed by atoms with Crippen LogP contribution in [0.5, 0.6) is 0 Å². The lowest BCUT2D eigenvalue weighted by atomic mass is 10.0. The van der Waals surface area contributed by atoms with E-state index in [1.165, 1.54) is 45.0 Å². The minimum Gasteiger partial charge on any atom is -0.371 e. The quantitative estimate of drug-likeness (QED) is 0.341. The fourth-order valence-electron chi connectivity index (χ4n) is 6.11. The highest BCUT2D eigenvalue weighted by Gasteiger charge is 2.27. The summed E-state index contributed by atoms with van der Waals surface area (Å²) in [5.41, 5.74) is 4.43. The number of aromatic nitrogens is 3. The van der Waals surface area contributed by atoms with Gasteiger partial charge in [-0.2, -0.15) is 0 Å². The Morgan fingerprint density at radius 2 is 1.49 bits per heavy atom. The normalized spacial score (nSPS) is 17.4. The molecule has 0 unspecified atom stereocenters. The van der Waals surface area contributed by atoms with Crippen molar-refractivity contribution in [1.82, 2.24) is 19.4 Å². The van der Waals surface area contributed by atoms with Gasteiger partial charge >= 0.3 is 0 Å². The number of aryl methyl sites for hydroxylation is 2. The number of imidazole rings is 1. The van der Waals surface area contributed by atoms with E-state index < -0.39 is 15.7 Å². The van der Waals surface area contributed by atoms with Crippen LogP contribution >= 0.6 is 0 Å². The zero-order valence-corrected chi connectivity index (χ0v) is 23.5. The van der Waals surface area contributed by atoms with Crippen molar-refractivity contribution < 1.29 is 12.8 Å². The molecule has 2 saturated heterocycles. The fourth-order valence-corrected chi connectivity index (χ4v) is 6.74. The Balaban J connectivity index is 1.27. The smallest absolute Gasteiger partial charge is 0.175 e. The predicted octanol–water partition coefficient (Wildman–Crippen LogP) is 5.22. The summed E-state index contributed by atoms with van der Waals surface area (Å²) in [5, 5.41) is 0. The lowest BCUT2D eigenvalue weighted by Gasteiger charge is -2.37. The summed E-state index contributed by atoms with van der Waals surface area (Å²) < 4.78 is 41.4. The fraction of sp³-hybridized carbons (Fsp3) is 0.400. The van der Waals surface area contributed by atoms with Crippen molar-refractivity contribution >= 4 is 26.6 Å². The first-order valence-corrected chi connectivity index (χ1v) is 15.5. The summed E-state index contributed by atoms with van der Waals surface area (Å²) in [6.45, 7) is 6.42. The first-order valence-electron chi connectivity index (χ1n) is 13.6. The molecule has 4 heterocycles. The first-order chi connectivity index (χ1) is 18.7. The van der Waals surface area contributed by atoms with Crippen LogP contribution < -0.4 is 4.90 Å². The lowest BCUT2D eigenvalue weighted by Crippen LogP contribution is -2.43. The second kappa shape index (κ2) is 10.0. The molecule has 39 heavy (non-hydrogen) atoms. The van der Waals surface area contributed by atoms with Crippen LogP contribution in [0.25, 0.3) is 33.7 Å². The third-order valence-corrected chi connectivity index (χ3v) is 9.43. The summed E-state index contributed by atoms with van der Waals surface area (Å²) in [6, 6.07) is 15.3. The Labute approximate surface area is 229 Å². The standard InChI is InChI=1S/C30H34FN5O2S/c1-20-27-29(34(2)30(33-27)22-8-12-25(13-9-22)39(3,37)38)26(31)28(32-20)21-6-10-23(11-7-21)36-18-14-24(15-19-36)35-16-4-5-17-35/h6-13,24H,4-5,14-19H2,1-3H3. The maximum atomic E-state index is 16.0. The summed E-state index contributed by atoms with van der Waals surface area (Å²) in [7, 11) is -1.53. The molecule has 7 nitrogen and oxygen atoms in total. The molecule has 0 aliphatic carbocycles. The van der Waals surface area contributed by atoms with E-state index in [2.05, 4.69) is 31.9 Å². The van der Waals surface area contributed by atoms with Crippen molar-refractivity contribution in [3.8, 4) is 22.6 Å². The van der Waals surface area contributed by atoms with Crippen LogP contribution in [-0.4, -0.2) is 66.3 Å². The van der Waals surface area contributed by atoms with Crippen LogP contribution in [0.2, 0.25) is 0 Å². The van der Waals surface area contributed by atoms with Crippen LogP contribution in [0.4, 0.5) is 10.1 Å². The summed E-state index contributed by atoms with van der Waals surface area (Å²) in [4.78, 5) is 14.6. The molecular formula is C30H34FN5O2S. The Kier molecular flexibility index (Phi) is 6.67. The number of nitrogens with zero attached hydrogens (tertiary/aromatic N) is 5. The zero-order chi connectivity index (χ0) is 27.3. The van der Waals surface area contributed by atoms with Crippen LogP contribution in [0.3, 0.4) is 0 Å². The molecule has 0 atom stereocenters. The summed E-state index contributed by atoms with van der Waals surface area (Å²) >= 11 is 0. The van der Waals surface area contributed by atoms with Crippen molar-refractivity contribution in [3.05, 3.63) is 60.0 Å². The SMILES string of the molecule is Cc1nc(-c2ccc(N3CCC(N4CCCC4)CC3)cc2)c(F)c2c1nc(-c1ccc(S(C)(=O)=O)cc1)n2C. The number of anilines is 1. The average Bonchev–Trinajstić information content (AvgIpc) is 3.60. The van der Waals surface area contributed by atoms with Crippen LogP contribution in [-0.2, 0) is 16.9 Å². The molecule has 2 aromatic carbocycles. The van der Waals surface area contributed by atoms with Gasteiger partial charge in [0.05, 0.1) is 10.6 Å². The third kappa shape index (κ3) is 4.82. The number of benzene rings is 2. The van der Waals surface area contributed by atoms with Crippen molar-refractivity contribution in [3.63, 3.8) is 0 Å². The number of pyridine rings is 1. The maximum absolute atomic E-state index is 16.0. The van der Waals surface area contributed by atoms with Crippen LogP contribution in [0, 0.1) is 12.7 Å². The molecule has 2 aliphatic rings. The number of rotatable bonds is 5. The minimum absolute atomic E-state index is 0.232. The van der Waals surface area contributed by atoms with E-state index in [1.807, 2.05) is 19.1 Å². The number of fused-ring (bicyclic) bond motifs is 1. The Bertz CT molecular complexity index is 1620. The summed E-state index contributed by atoms with van der Waals surface area (Å²) in [6.07, 6.45) is 6.21. The van der Waals surface area contributed by atoms with Gasteiger partial charge in [-0.1, -0.05) is 12.1 Å². The topological polar surface area (TPSA) is 71.3 Å². The van der Waals surface area contributed by atoms with E-state index >= 15 is 4.39 Å². The van der Waals surface area contributed by atoms with E-state index in [0.29, 0.717) is 39.9 Å². The monoisotopic (exact) mass is 547 g/mol. The van der Waals surface area contributed by atoms with E-state index in [1.54, 1.807) is 35.9 Å². The van der Waals surface area contributed by atoms with Gasteiger partial charge in [-0.25, -0.2) is 22.8 Å². The molecule has 2 aliphatic heterocycles. The minimum atomic E-state index is -3.30. The van der Waals surface area contributed by atoms with Crippen molar-refractivity contribution in [2.75, 3.05) is 37.3 Å². The molecule has 0 radical (unpaired) electrons. The molecule has 0 bridgehead atoms. The van der Waals surface area contributed by atoms with Gasteiger partial charge in [0, 0.05) is 49.2 Å². The molecule has 2 aromatic heterocycles. The van der Waals surface area contributed by atoms with Gasteiger partial charge in [0.15, 0.2) is 15.7 Å². The van der Waals surface area contributed by atoms with E-state index in [-0.39, 0.29) is 4.90 Å². The van der Waals surface area contributed by atoms with Gasteiger partial charge in [-0.05, 0) is 82.1 Å². The molecule has 9 heteroatoms. The summed E-state index contributed by atoms with van der Waals surface area (Å²) in [5.74, 6) is 0.141. The van der Waals surface area contributed by atoms with Crippen molar-refractivity contribution in [2.24, 2.45) is 7.05 Å². The number of hydrogen-bond donors (Lipinski definition) is 0. The van der Waals surface area contributed by atoms with Crippen LogP contribution in [0.15, 0.2) is 53.4 Å². The Morgan fingerprint density at radius 3 is 2.10 bits per heavy atom. The third-order valence-electron chi connectivity index (χ3n) is 8.30. The van der Waals surface area contributed by atoms with E-state index in [9.17, 15) is 8.42 Å². The molecule has 0 spiro atoms. The van der Waals surface area contributed by atoms with Gasteiger partial charge in [0.1, 0.15) is 22.6 Å². The second-order valence-electron chi connectivity index (χ2n) is 10.9. The molecule has 0 N–H and O–H groups in total. The highest BCUT2D eigenvalue weighted by Crippen LogP contribution is 2.33. The molecule has 2 fully saturated rings. The average molecular weight is 548 g/mol. The largest absolute Gasteiger partial charge is 0.371 e. The maximum Gasteiger partial charge on any atom is 0.175 e. The van der Waals surface area contributed by atoms with Gasteiger partial charge in [-0.15, -0.1) is 0 Å². The number of halogens is 1. The zero-order valence-electron chi connectivity index (χ0n) is 22.7. The van der Waals surface area contributed by atoms with Gasteiger partial charge in [-0.3, -0.25) is 0 Å². The molecule has 204 valence electrons. The number of likely N-dealkylation sites (tertiary alicyclic amines) is 1. The molecule has 0 amide bonds.